The van der Waals surface area contributed by atoms with Crippen molar-refractivity contribution in [2.45, 2.75) is 250 Å². The molecule has 1 amide bonds. The Morgan fingerprint density at radius 3 is 2.21 bits per heavy atom. The number of aliphatic hydroxyl groups excluding tert-OH is 4. The molecule has 3 heterocycles. The van der Waals surface area contributed by atoms with E-state index in [1.54, 1.807) is 54.5 Å². The minimum atomic E-state index is -2.01. The molecule has 4 aliphatic carbocycles. The van der Waals surface area contributed by atoms with Gasteiger partial charge in [-0.05, 0) is 136 Å². The van der Waals surface area contributed by atoms with E-state index in [9.17, 15) is 50.1 Å². The molecule has 20 heteroatoms. The molecule has 0 aromatic rings. The van der Waals surface area contributed by atoms with Crippen molar-refractivity contribution in [3.05, 3.63) is 23.6 Å². The predicted molar refractivity (Wildman–Crippen MR) is 298 cm³/mol. The number of likely N-dealkylation sites (N-methyl/N-ethyl adjacent to an activating group) is 1. The third kappa shape index (κ3) is 12.3. The number of nitrogens with one attached hydrogen (secondary N) is 1. The van der Waals surface area contributed by atoms with E-state index < -0.39 is 136 Å². The number of ether oxygens (including phenoxy) is 6. The zero-order chi connectivity index (χ0) is 60.4. The van der Waals surface area contributed by atoms with Gasteiger partial charge in [-0.25, -0.2) is 4.39 Å². The zero-order valence-corrected chi connectivity index (χ0v) is 51.3. The Balaban J connectivity index is 1.16. The Kier molecular flexibility index (Phi) is 20.1. The summed E-state index contributed by atoms with van der Waals surface area (Å²) in [5.74, 6) is -5.91. The molecule has 3 aliphatic heterocycles. The number of hydrogen-bond acceptors (Lipinski definition) is 18. The number of fused-ring (bicyclic) bond motifs is 5. The van der Waals surface area contributed by atoms with Gasteiger partial charge in [0.1, 0.15) is 35.8 Å². The second kappa shape index (κ2) is 24.7. The highest BCUT2D eigenvalue weighted by molar-refractivity contribution is 5.93. The fraction of sp³-hybridized carbons (Fsp3) is 0.885. The van der Waals surface area contributed by atoms with Crippen LogP contribution in [0.4, 0.5) is 4.39 Å². The smallest absolute Gasteiger partial charge is 0.311 e. The summed E-state index contributed by atoms with van der Waals surface area (Å²) in [6.45, 7) is 23.4. The number of rotatable bonds is 12. The fourth-order valence-electron chi connectivity index (χ4n) is 16.6. The van der Waals surface area contributed by atoms with E-state index in [1.807, 2.05) is 58.5 Å². The maximum atomic E-state index is 16.1. The number of cyclic esters (lactones) is 1. The predicted octanol–water partition coefficient (Wildman–Crippen LogP) is 4.33. The summed E-state index contributed by atoms with van der Waals surface area (Å²) in [5, 5.41) is 88.5. The Hall–Kier alpha value is -2.54. The van der Waals surface area contributed by atoms with Gasteiger partial charge in [0.2, 0.25) is 0 Å². The number of halogens is 1. The fourth-order valence-corrected chi connectivity index (χ4v) is 16.6. The molecule has 5 fully saturated rings. The van der Waals surface area contributed by atoms with E-state index >= 15 is 4.39 Å². The van der Waals surface area contributed by atoms with Crippen molar-refractivity contribution < 1.29 is 82.9 Å². The van der Waals surface area contributed by atoms with E-state index in [2.05, 4.69) is 5.32 Å². The van der Waals surface area contributed by atoms with Crippen LogP contribution >= 0.6 is 0 Å². The number of nitrogens with zero attached hydrogens (tertiary/aromatic N) is 2. The Labute approximate surface area is 480 Å². The quantitative estimate of drug-likeness (QED) is 0.0999. The van der Waals surface area contributed by atoms with Crippen LogP contribution in [-0.2, 0) is 42.8 Å². The number of carbonyl (C=O) groups is 3. The summed E-state index contributed by atoms with van der Waals surface area (Å²) >= 11 is 0. The molecular formula is C61H102FN3O16. The molecular weight excluding hydrogens is 1050 g/mol. The van der Waals surface area contributed by atoms with Gasteiger partial charge in [-0.3, -0.25) is 19.3 Å². The standard InChI is InChI=1S/C61H102FN3O16/c1-17-45-60(13,74)50(69)36(7)65(22-18-21-63-55(72)61(75)32(3)23-40-39-26-42(62)41-25-38(66)19-20-56(41,9)47(39)44(67)28-57(40,61)10)30-31(2)27-58(11,73)52(81-54-48(68)43(64(14)15)24-33(4)77-54)34(5)49(35(6)53(71)79-45)80-46-29-59(12,76-16)51(70)37(8)78-46/h19-20,31-37,39-40,43-52,54,67-70,73-75H,17-18,21-30H2,1-16H3,(H,63,72)/t31-,32-,33-,34+,35-,36-,37?,39?,40?,43-,44+,45-,46-,47?,48-,49+,50-,51-,52-,54+,56+,57+,58-,59+,60-,61+/m1/s1. The highest BCUT2D eigenvalue weighted by atomic mass is 19.1. The number of esters is 1. The summed E-state index contributed by atoms with van der Waals surface area (Å²) in [6.07, 6.45) is -6.72. The molecule has 0 bridgehead atoms. The molecule has 81 heavy (non-hydrogen) atoms. The summed E-state index contributed by atoms with van der Waals surface area (Å²) in [7, 11) is 5.21. The van der Waals surface area contributed by atoms with Gasteiger partial charge < -0.3 is 74.4 Å². The van der Waals surface area contributed by atoms with Crippen LogP contribution in [0.3, 0.4) is 0 Å². The molecule has 3 saturated heterocycles. The van der Waals surface area contributed by atoms with Crippen molar-refractivity contribution in [3.63, 3.8) is 0 Å². The first kappa shape index (κ1) is 66.0. The summed E-state index contributed by atoms with van der Waals surface area (Å²) in [6, 6.07) is -1.16. The summed E-state index contributed by atoms with van der Waals surface area (Å²) < 4.78 is 54.4. The van der Waals surface area contributed by atoms with E-state index in [0.29, 0.717) is 24.8 Å². The van der Waals surface area contributed by atoms with Crippen molar-refractivity contribution in [2.24, 2.45) is 52.3 Å². The highest BCUT2D eigenvalue weighted by Gasteiger charge is 2.71. The third-order valence-corrected chi connectivity index (χ3v) is 21.4. The lowest BCUT2D eigenvalue weighted by atomic mass is 9.46. The molecule has 0 aromatic carbocycles. The maximum Gasteiger partial charge on any atom is 0.311 e. The van der Waals surface area contributed by atoms with Crippen molar-refractivity contribution >= 4 is 17.7 Å². The first-order valence-electron chi connectivity index (χ1n) is 30.1. The molecule has 0 spiro atoms. The average Bonchev–Trinajstić information content (AvgIpc) is 3.69. The number of hydrogen-bond donors (Lipinski definition) is 8. The lowest BCUT2D eigenvalue weighted by Crippen LogP contribution is -2.64. The molecule has 19 nitrogen and oxygen atoms in total. The summed E-state index contributed by atoms with van der Waals surface area (Å²) in [4.78, 5) is 45.7. The molecule has 7 rings (SSSR count). The van der Waals surface area contributed by atoms with Gasteiger partial charge in [-0.15, -0.1) is 0 Å². The largest absolute Gasteiger partial charge is 0.459 e. The van der Waals surface area contributed by atoms with Gasteiger partial charge in [0.15, 0.2) is 24.0 Å². The van der Waals surface area contributed by atoms with Crippen LogP contribution in [0.25, 0.3) is 0 Å². The van der Waals surface area contributed by atoms with E-state index in [0.717, 1.165) is 0 Å². The molecule has 0 radical (unpaired) electrons. The van der Waals surface area contributed by atoms with Crippen molar-refractivity contribution in [3.8, 4) is 0 Å². The van der Waals surface area contributed by atoms with Gasteiger partial charge in [-0.1, -0.05) is 47.6 Å². The minimum Gasteiger partial charge on any atom is -0.459 e. The topological polar surface area (TPSA) is 267 Å². The number of amides is 1. The van der Waals surface area contributed by atoms with E-state index in [-0.39, 0.29) is 99.7 Å². The number of ketones is 1. The molecule has 26 atom stereocenters. The molecule has 0 aromatic heterocycles. The van der Waals surface area contributed by atoms with Gasteiger partial charge in [0.05, 0.1) is 47.6 Å². The molecule has 7 aliphatic rings. The number of carbonyl (C=O) groups excluding carboxylic acids is 3. The lowest BCUT2D eigenvalue weighted by Gasteiger charge is -2.59. The van der Waals surface area contributed by atoms with Crippen LogP contribution in [0, 0.1) is 52.3 Å². The number of aliphatic hydroxyl groups is 7. The highest BCUT2D eigenvalue weighted by Crippen LogP contribution is 2.68. The SMILES string of the molecule is CC[C@H]1OC(=O)[C@H](C)[C@@H](O[C@@H]2C[C@](C)(OC)[C@H](O)C(C)O2)[C@H](C)[C@@H](O[C@@H]2O[C@H](C)C[C@@H](N(C)C)[C@H]2O)[C@](C)(O)C[C@@H](C)CN(CCCNC(=O)[C@@]2(O)[C@H](C)CC3C4CC(F)=C5CC(=O)C=C[C@]5(C)C4[C@@H](O)C[C@@]32C)[C@H](C)[C@@H](O)[C@]1(C)O. The molecule has 4 unspecified atom stereocenters. The third-order valence-electron chi connectivity index (χ3n) is 21.4. The van der Waals surface area contributed by atoms with Gasteiger partial charge in [0, 0.05) is 80.8 Å². The lowest BCUT2D eigenvalue weighted by molar-refractivity contribution is -0.318. The van der Waals surface area contributed by atoms with E-state index in [4.69, 9.17) is 28.4 Å². The molecule has 464 valence electrons. The Morgan fingerprint density at radius 2 is 1.58 bits per heavy atom. The minimum absolute atomic E-state index is 0.0202. The Bertz CT molecular complexity index is 2300. The van der Waals surface area contributed by atoms with Crippen molar-refractivity contribution in [2.75, 3.05) is 40.8 Å². The van der Waals surface area contributed by atoms with Crippen LogP contribution in [0.15, 0.2) is 23.6 Å². The number of allylic oxidation sites excluding steroid dienone is 4. The zero-order valence-electron chi connectivity index (χ0n) is 51.3. The normalized spacial score (nSPS) is 49.5. The maximum absolute atomic E-state index is 16.1. The van der Waals surface area contributed by atoms with Crippen LogP contribution in [-0.4, -0.2) is 206 Å². The second-order valence-electron chi connectivity index (χ2n) is 27.6. The van der Waals surface area contributed by atoms with Crippen LogP contribution in [0.5, 0.6) is 0 Å². The van der Waals surface area contributed by atoms with Crippen LogP contribution in [0.2, 0.25) is 0 Å². The monoisotopic (exact) mass is 1150 g/mol. The first-order valence-corrected chi connectivity index (χ1v) is 30.1. The van der Waals surface area contributed by atoms with Crippen LogP contribution in [0.1, 0.15) is 148 Å². The van der Waals surface area contributed by atoms with Gasteiger partial charge in [-0.2, -0.15) is 0 Å². The second-order valence-corrected chi connectivity index (χ2v) is 27.6. The molecule has 2 saturated carbocycles. The molecule has 8 N–H and O–H groups in total. The van der Waals surface area contributed by atoms with Gasteiger partial charge in [0.25, 0.3) is 5.91 Å². The average molecular weight is 1150 g/mol. The number of methoxy groups -OCH3 is 1. The van der Waals surface area contributed by atoms with Gasteiger partial charge >= 0.3 is 5.97 Å². The Morgan fingerprint density at radius 1 is 0.914 bits per heavy atom. The van der Waals surface area contributed by atoms with E-state index in [1.165, 1.54) is 20.1 Å². The van der Waals surface area contributed by atoms with Crippen molar-refractivity contribution in [1.82, 2.24) is 15.1 Å². The summed E-state index contributed by atoms with van der Waals surface area (Å²) in [5.41, 5.74) is -8.34. The van der Waals surface area contributed by atoms with Crippen molar-refractivity contribution in [1.29, 1.82) is 0 Å². The van der Waals surface area contributed by atoms with Crippen LogP contribution < -0.4 is 5.32 Å². The first-order chi connectivity index (χ1) is 37.5.